The van der Waals surface area contributed by atoms with E-state index in [9.17, 15) is 4.79 Å². The van der Waals surface area contributed by atoms with Gasteiger partial charge in [-0.25, -0.2) is 14.8 Å². The minimum atomic E-state index is -0.473. The van der Waals surface area contributed by atoms with Crippen molar-refractivity contribution in [3.05, 3.63) is 42.5 Å². The molecule has 0 saturated carbocycles. The number of hydrogen-bond donors (Lipinski definition) is 1. The lowest BCUT2D eigenvalue weighted by molar-refractivity contribution is 0.0338. The third-order valence-corrected chi connectivity index (χ3v) is 3.99. The summed E-state index contributed by atoms with van der Waals surface area (Å²) in [5.74, 6) is -0.173. The molecule has 6 nitrogen and oxygen atoms in total. The minimum Gasteiger partial charge on any atom is -0.459 e. The van der Waals surface area contributed by atoms with Crippen LogP contribution in [0.3, 0.4) is 0 Å². The second-order valence-corrected chi connectivity index (χ2v) is 5.67. The average molecular weight is 324 g/mol. The average Bonchev–Trinajstić information content (AvgIpc) is 2.84. The van der Waals surface area contributed by atoms with Gasteiger partial charge in [0.15, 0.2) is 5.65 Å². The number of nitrogens with zero attached hydrogens (tertiary/aromatic N) is 3. The van der Waals surface area contributed by atoms with Crippen molar-refractivity contribution >= 4 is 34.0 Å². The van der Waals surface area contributed by atoms with Gasteiger partial charge in [0.1, 0.15) is 16.9 Å². The van der Waals surface area contributed by atoms with Gasteiger partial charge in [-0.2, -0.15) is 0 Å². The summed E-state index contributed by atoms with van der Waals surface area (Å²) in [6.07, 6.45) is 2.24. The molecule has 0 aliphatic carbocycles. The molecule has 0 aliphatic heterocycles. The molecule has 6 heteroatoms. The third kappa shape index (κ3) is 2.60. The van der Waals surface area contributed by atoms with Gasteiger partial charge in [0, 0.05) is 6.54 Å². The second-order valence-electron chi connectivity index (χ2n) is 5.67. The molecule has 0 aliphatic rings. The lowest BCUT2D eigenvalue weighted by atomic mass is 10.2. The molecule has 3 rings (SSSR count). The Balaban J connectivity index is 2.27. The number of esters is 1. The van der Waals surface area contributed by atoms with E-state index in [1.54, 1.807) is 10.6 Å². The van der Waals surface area contributed by atoms with Crippen molar-refractivity contribution in [2.24, 2.45) is 0 Å². The van der Waals surface area contributed by atoms with Gasteiger partial charge in [0.2, 0.25) is 0 Å². The standard InChI is InChI=1S/C18H20N4O2/c1-4-10-22-16(19)14(18(23)24-11(3)5-2)15-17(22)21-13-9-7-6-8-12(13)20-15/h4,6-9,11H,1,5,10,19H2,2-3H3/t11-/m0/s1. The molecule has 1 aromatic carbocycles. The fourth-order valence-electron chi connectivity index (χ4n) is 2.56. The van der Waals surface area contributed by atoms with Crippen molar-refractivity contribution in [1.82, 2.24) is 14.5 Å². The Bertz CT molecular complexity index is 930. The van der Waals surface area contributed by atoms with Crippen LogP contribution in [0.5, 0.6) is 0 Å². The van der Waals surface area contributed by atoms with E-state index >= 15 is 0 Å². The molecule has 0 fully saturated rings. The zero-order valence-corrected chi connectivity index (χ0v) is 13.8. The maximum absolute atomic E-state index is 12.6. The highest BCUT2D eigenvalue weighted by Crippen LogP contribution is 2.28. The van der Waals surface area contributed by atoms with E-state index in [0.717, 1.165) is 11.9 Å². The topological polar surface area (TPSA) is 83.0 Å². The van der Waals surface area contributed by atoms with Crippen molar-refractivity contribution < 1.29 is 9.53 Å². The Morgan fingerprint density at radius 2 is 2.04 bits per heavy atom. The van der Waals surface area contributed by atoms with Crippen molar-refractivity contribution in [2.75, 3.05) is 5.73 Å². The number of aromatic nitrogens is 3. The van der Waals surface area contributed by atoms with Crippen LogP contribution in [0, 0.1) is 0 Å². The van der Waals surface area contributed by atoms with Gasteiger partial charge in [-0.15, -0.1) is 6.58 Å². The molecule has 0 radical (unpaired) electrons. The number of rotatable bonds is 5. The summed E-state index contributed by atoms with van der Waals surface area (Å²) in [7, 11) is 0. The molecule has 2 N–H and O–H groups in total. The number of carbonyl (C=O) groups excluding carboxylic acids is 1. The van der Waals surface area contributed by atoms with Gasteiger partial charge >= 0.3 is 5.97 Å². The number of benzene rings is 1. The first-order valence-corrected chi connectivity index (χ1v) is 7.93. The van der Waals surface area contributed by atoms with Crippen LogP contribution in [-0.4, -0.2) is 26.6 Å². The van der Waals surface area contributed by atoms with Gasteiger partial charge in [0.05, 0.1) is 17.1 Å². The first-order valence-electron chi connectivity index (χ1n) is 7.93. The molecule has 3 aromatic rings. The first-order chi connectivity index (χ1) is 11.6. The van der Waals surface area contributed by atoms with Crippen LogP contribution in [0.25, 0.3) is 22.2 Å². The number of carbonyl (C=O) groups is 1. The lowest BCUT2D eigenvalue weighted by Gasteiger charge is -2.10. The first kappa shape index (κ1) is 16.0. The predicted octanol–water partition coefficient (Wildman–Crippen LogP) is 3.31. The summed E-state index contributed by atoms with van der Waals surface area (Å²) >= 11 is 0. The number of hydrogen-bond acceptors (Lipinski definition) is 5. The molecule has 0 bridgehead atoms. The van der Waals surface area contributed by atoms with Crippen LogP contribution < -0.4 is 5.73 Å². The number of anilines is 1. The molecule has 124 valence electrons. The lowest BCUT2D eigenvalue weighted by Crippen LogP contribution is -2.15. The summed E-state index contributed by atoms with van der Waals surface area (Å²) in [5, 5.41) is 0. The van der Waals surface area contributed by atoms with E-state index in [0.29, 0.717) is 29.0 Å². The maximum Gasteiger partial charge on any atom is 0.344 e. The van der Waals surface area contributed by atoms with Crippen LogP contribution in [0.1, 0.15) is 30.6 Å². The zero-order chi connectivity index (χ0) is 17.3. The second kappa shape index (κ2) is 6.31. The molecule has 0 amide bonds. The van der Waals surface area contributed by atoms with Crippen LogP contribution in [0.2, 0.25) is 0 Å². The fourth-order valence-corrected chi connectivity index (χ4v) is 2.56. The van der Waals surface area contributed by atoms with Gasteiger partial charge in [-0.05, 0) is 25.5 Å². The van der Waals surface area contributed by atoms with Gasteiger partial charge in [0.25, 0.3) is 0 Å². The summed E-state index contributed by atoms with van der Waals surface area (Å²) < 4.78 is 7.18. The van der Waals surface area contributed by atoms with E-state index in [4.69, 9.17) is 10.5 Å². The van der Waals surface area contributed by atoms with Gasteiger partial charge < -0.3 is 15.0 Å². The van der Waals surface area contributed by atoms with Gasteiger partial charge in [-0.3, -0.25) is 0 Å². The van der Waals surface area contributed by atoms with Crippen LogP contribution in [0.15, 0.2) is 36.9 Å². The number of para-hydroxylation sites is 2. The van der Waals surface area contributed by atoms with E-state index in [2.05, 4.69) is 16.5 Å². The van der Waals surface area contributed by atoms with E-state index in [1.165, 1.54) is 0 Å². The summed E-state index contributed by atoms with van der Waals surface area (Å²) in [6.45, 7) is 7.98. The van der Waals surface area contributed by atoms with Crippen molar-refractivity contribution in [1.29, 1.82) is 0 Å². The van der Waals surface area contributed by atoms with Crippen molar-refractivity contribution in [3.63, 3.8) is 0 Å². The predicted molar refractivity (Wildman–Crippen MR) is 94.8 cm³/mol. The molecule has 2 heterocycles. The SMILES string of the molecule is C=CCn1c(N)c(C(=O)O[C@@H](C)CC)c2nc3ccccc3nc21. The molecular formula is C18H20N4O2. The van der Waals surface area contributed by atoms with E-state index < -0.39 is 5.97 Å². The summed E-state index contributed by atoms with van der Waals surface area (Å²) in [5.41, 5.74) is 8.96. The molecule has 0 saturated heterocycles. The number of nitrogens with two attached hydrogens (primary N) is 1. The Morgan fingerprint density at radius 3 is 2.67 bits per heavy atom. The summed E-state index contributed by atoms with van der Waals surface area (Å²) in [6, 6.07) is 7.50. The van der Waals surface area contributed by atoms with E-state index in [1.807, 2.05) is 38.1 Å². The number of fused-ring (bicyclic) bond motifs is 2. The largest absolute Gasteiger partial charge is 0.459 e. The van der Waals surface area contributed by atoms with Crippen molar-refractivity contribution in [2.45, 2.75) is 32.9 Å². The minimum absolute atomic E-state index is 0.192. The Labute approximate surface area is 139 Å². The smallest absolute Gasteiger partial charge is 0.344 e. The normalized spacial score (nSPS) is 12.4. The zero-order valence-electron chi connectivity index (χ0n) is 13.8. The maximum atomic E-state index is 12.6. The molecule has 2 aromatic heterocycles. The Hall–Kier alpha value is -2.89. The molecular weight excluding hydrogens is 304 g/mol. The highest BCUT2D eigenvalue weighted by Gasteiger charge is 2.25. The third-order valence-electron chi connectivity index (χ3n) is 3.99. The number of ether oxygens (including phenoxy) is 1. The highest BCUT2D eigenvalue weighted by molar-refractivity contribution is 6.08. The monoisotopic (exact) mass is 324 g/mol. The molecule has 0 spiro atoms. The van der Waals surface area contributed by atoms with Crippen LogP contribution in [-0.2, 0) is 11.3 Å². The van der Waals surface area contributed by atoms with Gasteiger partial charge in [-0.1, -0.05) is 25.1 Å². The Kier molecular flexibility index (Phi) is 4.20. The Morgan fingerprint density at radius 1 is 1.38 bits per heavy atom. The molecule has 24 heavy (non-hydrogen) atoms. The number of allylic oxidation sites excluding steroid dienone is 1. The quantitative estimate of drug-likeness (QED) is 0.575. The number of nitrogen functional groups attached to an aromatic ring is 1. The molecule has 0 unspecified atom stereocenters. The van der Waals surface area contributed by atoms with Crippen LogP contribution in [0.4, 0.5) is 5.82 Å². The van der Waals surface area contributed by atoms with E-state index in [-0.39, 0.29) is 11.7 Å². The van der Waals surface area contributed by atoms with Crippen LogP contribution >= 0.6 is 0 Å². The van der Waals surface area contributed by atoms with Crippen molar-refractivity contribution in [3.8, 4) is 0 Å². The fraction of sp³-hybridized carbons (Fsp3) is 0.278. The molecule has 1 atom stereocenters. The summed E-state index contributed by atoms with van der Waals surface area (Å²) in [4.78, 5) is 21.8. The highest BCUT2D eigenvalue weighted by atomic mass is 16.5.